The molecular weight excluding hydrogens is 152 g/mol. The molecule has 3 N–H and O–H groups in total. The maximum atomic E-state index is 12.8. The number of aliphatic hydroxyl groups excluding tert-OH is 1. The molecule has 0 aromatic rings. The Balaban J connectivity index is 2.65. The van der Waals surface area contributed by atoms with Gasteiger partial charge < -0.3 is 10.8 Å². The van der Waals surface area contributed by atoms with Gasteiger partial charge in [-0.1, -0.05) is 6.42 Å². The number of hydrogen-bond acceptors (Lipinski definition) is 2. The minimum absolute atomic E-state index is 0.189. The van der Waals surface area contributed by atoms with E-state index in [2.05, 4.69) is 0 Å². The molecule has 0 bridgehead atoms. The van der Waals surface area contributed by atoms with Gasteiger partial charge in [0.25, 0.3) is 5.92 Å². The van der Waals surface area contributed by atoms with Crippen LogP contribution in [0.1, 0.15) is 25.7 Å². The van der Waals surface area contributed by atoms with E-state index in [1.54, 1.807) is 0 Å². The third-order valence-electron chi connectivity index (χ3n) is 2.16. The van der Waals surface area contributed by atoms with Crippen LogP contribution in [0.3, 0.4) is 0 Å². The van der Waals surface area contributed by atoms with Crippen LogP contribution in [0.2, 0.25) is 0 Å². The largest absolute Gasteiger partial charge is 0.391 e. The molecule has 1 aliphatic carbocycles. The molecule has 0 saturated heterocycles. The Kier molecular flexibility index (Phi) is 2.44. The second-order valence-electron chi connectivity index (χ2n) is 3.10. The summed E-state index contributed by atoms with van der Waals surface area (Å²) in [6.45, 7) is 0. The maximum absolute atomic E-state index is 12.8. The molecule has 0 radical (unpaired) electrons. The molecule has 0 aromatic carbocycles. The van der Waals surface area contributed by atoms with Crippen molar-refractivity contribution in [1.82, 2.24) is 0 Å². The molecular formula is C7H13F2NO. The SMILES string of the molecule is N[C@@H]1[C@@H](O)CCCCC1(F)F. The summed E-state index contributed by atoms with van der Waals surface area (Å²) in [6, 6.07) is -1.37. The van der Waals surface area contributed by atoms with Gasteiger partial charge in [0.1, 0.15) is 0 Å². The molecule has 4 heteroatoms. The number of nitrogens with two attached hydrogens (primary N) is 1. The van der Waals surface area contributed by atoms with Crippen molar-refractivity contribution >= 4 is 0 Å². The van der Waals surface area contributed by atoms with Crippen LogP contribution in [-0.4, -0.2) is 23.2 Å². The highest BCUT2D eigenvalue weighted by molar-refractivity contribution is 4.88. The van der Waals surface area contributed by atoms with Gasteiger partial charge in [-0.15, -0.1) is 0 Å². The molecule has 11 heavy (non-hydrogen) atoms. The van der Waals surface area contributed by atoms with E-state index in [0.717, 1.165) is 0 Å². The lowest BCUT2D eigenvalue weighted by Gasteiger charge is -2.23. The van der Waals surface area contributed by atoms with Gasteiger partial charge in [0.15, 0.2) is 0 Å². The van der Waals surface area contributed by atoms with Gasteiger partial charge in [0.2, 0.25) is 0 Å². The molecule has 0 spiro atoms. The number of alkyl halides is 2. The van der Waals surface area contributed by atoms with E-state index in [9.17, 15) is 8.78 Å². The highest BCUT2D eigenvalue weighted by Crippen LogP contribution is 2.30. The zero-order valence-electron chi connectivity index (χ0n) is 6.26. The Bertz CT molecular complexity index is 140. The van der Waals surface area contributed by atoms with Crippen LogP contribution >= 0.6 is 0 Å². The lowest BCUT2D eigenvalue weighted by molar-refractivity contribution is -0.0630. The summed E-state index contributed by atoms with van der Waals surface area (Å²) >= 11 is 0. The molecule has 1 aliphatic rings. The van der Waals surface area contributed by atoms with Crippen molar-refractivity contribution in [3.63, 3.8) is 0 Å². The summed E-state index contributed by atoms with van der Waals surface area (Å²) < 4.78 is 25.6. The first kappa shape index (κ1) is 8.87. The molecule has 1 saturated carbocycles. The van der Waals surface area contributed by atoms with Gasteiger partial charge in [-0.05, 0) is 12.8 Å². The first-order chi connectivity index (χ1) is 5.04. The van der Waals surface area contributed by atoms with Crippen LogP contribution in [0.25, 0.3) is 0 Å². The summed E-state index contributed by atoms with van der Waals surface area (Å²) in [4.78, 5) is 0. The zero-order valence-corrected chi connectivity index (χ0v) is 6.26. The quantitative estimate of drug-likeness (QED) is 0.523. The zero-order chi connectivity index (χ0) is 8.48. The van der Waals surface area contributed by atoms with Gasteiger partial charge in [-0.2, -0.15) is 0 Å². The molecule has 2 nitrogen and oxygen atoms in total. The summed E-state index contributed by atoms with van der Waals surface area (Å²) in [6.07, 6.45) is 0.275. The fourth-order valence-electron chi connectivity index (χ4n) is 1.34. The number of aliphatic hydroxyl groups is 1. The summed E-state index contributed by atoms with van der Waals surface area (Å²) in [7, 11) is 0. The lowest BCUT2D eigenvalue weighted by atomic mass is 10.0. The number of halogens is 2. The van der Waals surface area contributed by atoms with Gasteiger partial charge in [-0.3, -0.25) is 0 Å². The average Bonchev–Trinajstić information content (AvgIpc) is 2.03. The third kappa shape index (κ3) is 1.87. The fourth-order valence-corrected chi connectivity index (χ4v) is 1.34. The molecule has 0 heterocycles. The monoisotopic (exact) mass is 165 g/mol. The molecule has 2 atom stereocenters. The van der Waals surface area contributed by atoms with Gasteiger partial charge in [0.05, 0.1) is 12.1 Å². The predicted octanol–water partition coefficient (Wildman–Crippen LogP) is 0.884. The lowest BCUT2D eigenvalue weighted by Crippen LogP contribution is -2.48. The Morgan fingerprint density at radius 1 is 1.36 bits per heavy atom. The van der Waals surface area contributed by atoms with Crippen LogP contribution in [0.5, 0.6) is 0 Å². The molecule has 0 amide bonds. The minimum atomic E-state index is -2.88. The van der Waals surface area contributed by atoms with Crippen LogP contribution in [0.15, 0.2) is 0 Å². The summed E-state index contributed by atoms with van der Waals surface area (Å²) in [5.41, 5.74) is 5.16. The van der Waals surface area contributed by atoms with Crippen molar-refractivity contribution < 1.29 is 13.9 Å². The normalized spacial score (nSPS) is 38.2. The third-order valence-corrected chi connectivity index (χ3v) is 2.16. The highest BCUT2D eigenvalue weighted by atomic mass is 19.3. The van der Waals surface area contributed by atoms with Gasteiger partial charge in [0, 0.05) is 6.42 Å². The van der Waals surface area contributed by atoms with Crippen LogP contribution < -0.4 is 5.73 Å². The molecule has 0 unspecified atom stereocenters. The van der Waals surface area contributed by atoms with Crippen LogP contribution in [0, 0.1) is 0 Å². The predicted molar refractivity (Wildman–Crippen MR) is 37.4 cm³/mol. The van der Waals surface area contributed by atoms with Crippen LogP contribution in [0.4, 0.5) is 8.78 Å². The maximum Gasteiger partial charge on any atom is 0.265 e. The molecule has 66 valence electrons. The smallest absolute Gasteiger partial charge is 0.265 e. The first-order valence-electron chi connectivity index (χ1n) is 3.85. The van der Waals surface area contributed by atoms with Crippen molar-refractivity contribution in [2.24, 2.45) is 5.73 Å². The van der Waals surface area contributed by atoms with Gasteiger partial charge >= 0.3 is 0 Å². The van der Waals surface area contributed by atoms with Crippen molar-refractivity contribution in [1.29, 1.82) is 0 Å². The second kappa shape index (κ2) is 3.03. The topological polar surface area (TPSA) is 46.2 Å². The Morgan fingerprint density at radius 2 is 2.00 bits per heavy atom. The van der Waals surface area contributed by atoms with E-state index in [1.807, 2.05) is 0 Å². The molecule has 0 aromatic heterocycles. The van der Waals surface area contributed by atoms with E-state index < -0.39 is 18.1 Å². The Hall–Kier alpha value is -0.220. The Labute approximate surface area is 64.4 Å². The van der Waals surface area contributed by atoms with Crippen molar-refractivity contribution in [3.8, 4) is 0 Å². The number of rotatable bonds is 0. The summed E-state index contributed by atoms with van der Waals surface area (Å²) in [5, 5.41) is 9.09. The first-order valence-corrected chi connectivity index (χ1v) is 3.85. The van der Waals surface area contributed by atoms with Crippen molar-refractivity contribution in [3.05, 3.63) is 0 Å². The average molecular weight is 165 g/mol. The minimum Gasteiger partial charge on any atom is -0.391 e. The van der Waals surface area contributed by atoms with E-state index >= 15 is 0 Å². The standard InChI is InChI=1S/C7H13F2NO/c8-7(9)4-2-1-3-5(11)6(7)10/h5-6,11H,1-4,10H2/t5-,6+/m0/s1. The molecule has 0 aliphatic heterocycles. The Morgan fingerprint density at radius 3 is 2.64 bits per heavy atom. The van der Waals surface area contributed by atoms with Gasteiger partial charge in [-0.25, -0.2) is 8.78 Å². The number of hydrogen-bond donors (Lipinski definition) is 2. The fraction of sp³-hybridized carbons (Fsp3) is 1.00. The molecule has 1 rings (SSSR count). The van der Waals surface area contributed by atoms with Crippen molar-refractivity contribution in [2.75, 3.05) is 0 Å². The van der Waals surface area contributed by atoms with Crippen molar-refractivity contribution in [2.45, 2.75) is 43.8 Å². The van der Waals surface area contributed by atoms with E-state index in [0.29, 0.717) is 19.3 Å². The van der Waals surface area contributed by atoms with Crippen LogP contribution in [-0.2, 0) is 0 Å². The van der Waals surface area contributed by atoms with E-state index in [4.69, 9.17) is 10.8 Å². The molecule has 1 fully saturated rings. The van der Waals surface area contributed by atoms with E-state index in [1.165, 1.54) is 0 Å². The van der Waals surface area contributed by atoms with E-state index in [-0.39, 0.29) is 6.42 Å². The summed E-state index contributed by atoms with van der Waals surface area (Å²) in [5.74, 6) is -2.88. The second-order valence-corrected chi connectivity index (χ2v) is 3.10. The highest BCUT2D eigenvalue weighted by Gasteiger charge is 2.42.